The van der Waals surface area contributed by atoms with Crippen LogP contribution in [-0.4, -0.2) is 23.3 Å². The lowest BCUT2D eigenvalue weighted by molar-refractivity contribution is -0.121. The Bertz CT molecular complexity index is 1090. The fourth-order valence-electron chi connectivity index (χ4n) is 2.60. The first-order valence-electron chi connectivity index (χ1n) is 8.24. The van der Waals surface area contributed by atoms with E-state index in [0.717, 1.165) is 10.8 Å². The minimum absolute atomic E-state index is 0.118. The van der Waals surface area contributed by atoms with Gasteiger partial charge in [0.15, 0.2) is 0 Å². The zero-order chi connectivity index (χ0) is 19.1. The van der Waals surface area contributed by atoms with E-state index in [9.17, 15) is 9.59 Å². The molecule has 6 heteroatoms. The molecule has 6 nitrogen and oxygen atoms in total. The highest BCUT2D eigenvalue weighted by Crippen LogP contribution is 2.26. The van der Waals surface area contributed by atoms with Crippen LogP contribution in [-0.2, 0) is 11.3 Å². The molecular formula is C21H17N3O3. The molecule has 3 aromatic rings. The number of nitrogens with one attached hydrogen (secondary N) is 1. The van der Waals surface area contributed by atoms with Crippen LogP contribution < -0.4 is 15.7 Å². The Morgan fingerprint density at radius 2 is 2.00 bits per heavy atom. The number of hydrogen-bond donors (Lipinski definition) is 1. The number of terminal acetylenes is 1. The summed E-state index contributed by atoms with van der Waals surface area (Å²) in [5.41, 5.74) is 2.88. The van der Waals surface area contributed by atoms with E-state index in [0.29, 0.717) is 11.3 Å². The topological polar surface area (TPSA) is 72.7 Å². The number of hydrazone groups is 1. The van der Waals surface area contributed by atoms with Crippen LogP contribution in [0, 0.1) is 12.3 Å². The second-order valence-corrected chi connectivity index (χ2v) is 5.65. The molecule has 134 valence electrons. The van der Waals surface area contributed by atoms with E-state index >= 15 is 0 Å². The molecule has 0 atom stereocenters. The molecule has 0 aliphatic heterocycles. The molecule has 0 saturated heterocycles. The van der Waals surface area contributed by atoms with Gasteiger partial charge in [-0.15, -0.1) is 6.42 Å². The first-order valence-corrected chi connectivity index (χ1v) is 8.24. The summed E-state index contributed by atoms with van der Waals surface area (Å²) in [6, 6.07) is 16.2. The summed E-state index contributed by atoms with van der Waals surface area (Å²) >= 11 is 0. The number of nitrogens with zero attached hydrogens (tertiary/aromatic N) is 2. The van der Waals surface area contributed by atoms with Crippen LogP contribution in [0.15, 0.2) is 70.7 Å². The Morgan fingerprint density at radius 1 is 1.19 bits per heavy atom. The molecule has 27 heavy (non-hydrogen) atoms. The van der Waals surface area contributed by atoms with Gasteiger partial charge in [0.2, 0.25) is 0 Å². The van der Waals surface area contributed by atoms with Gasteiger partial charge in [0.1, 0.15) is 18.9 Å². The first kappa shape index (κ1) is 18.0. The van der Waals surface area contributed by atoms with Crippen LogP contribution in [0.5, 0.6) is 5.75 Å². The van der Waals surface area contributed by atoms with Gasteiger partial charge in [0.25, 0.3) is 11.5 Å². The molecule has 1 amide bonds. The lowest BCUT2D eigenvalue weighted by atomic mass is 10.0. The summed E-state index contributed by atoms with van der Waals surface area (Å²) in [5.74, 6) is 2.59. The van der Waals surface area contributed by atoms with Crippen molar-refractivity contribution in [3.05, 3.63) is 76.7 Å². The molecule has 0 saturated carbocycles. The van der Waals surface area contributed by atoms with Crippen LogP contribution >= 0.6 is 0 Å². The predicted molar refractivity (Wildman–Crippen MR) is 105 cm³/mol. The summed E-state index contributed by atoms with van der Waals surface area (Å²) in [6.45, 7) is 0.00939. The summed E-state index contributed by atoms with van der Waals surface area (Å²) in [7, 11) is 0. The zero-order valence-electron chi connectivity index (χ0n) is 14.5. The van der Waals surface area contributed by atoms with E-state index in [-0.39, 0.29) is 18.7 Å². The Labute approximate surface area is 156 Å². The molecule has 3 rings (SSSR count). The van der Waals surface area contributed by atoms with E-state index in [4.69, 9.17) is 11.2 Å². The number of benzene rings is 2. The third-order valence-corrected chi connectivity index (χ3v) is 3.84. The molecule has 0 unspecified atom stereocenters. The van der Waals surface area contributed by atoms with Gasteiger partial charge >= 0.3 is 0 Å². The largest absolute Gasteiger partial charge is 0.480 e. The lowest BCUT2D eigenvalue weighted by Gasteiger charge is -2.10. The van der Waals surface area contributed by atoms with Gasteiger partial charge in [-0.1, -0.05) is 42.3 Å². The second kappa shape index (κ2) is 8.50. The maximum atomic E-state index is 12.0. The monoisotopic (exact) mass is 359 g/mol. The number of ether oxygens (including phenoxy) is 1. The fraction of sp³-hybridized carbons (Fsp3) is 0.0952. The molecule has 1 N–H and O–H groups in total. The molecule has 1 aromatic heterocycles. The molecule has 0 fully saturated rings. The number of carbonyl (C=O) groups is 1. The molecule has 1 heterocycles. The van der Waals surface area contributed by atoms with Gasteiger partial charge in [-0.2, -0.15) is 5.10 Å². The molecule has 0 aliphatic carbocycles. The van der Waals surface area contributed by atoms with Gasteiger partial charge in [-0.3, -0.25) is 9.59 Å². The standard InChI is InChI=1S/C21H17N3O3/c1-2-13-27-19-11-10-16-7-3-4-8-17(16)18(19)14-22-23-20(25)15-24-12-6-5-9-21(24)26/h1,3-12,14H,13,15H2,(H,23,25)/b22-14-. The van der Waals surface area contributed by atoms with Crippen LogP contribution in [0.4, 0.5) is 0 Å². The summed E-state index contributed by atoms with van der Waals surface area (Å²) in [4.78, 5) is 23.7. The van der Waals surface area contributed by atoms with Crippen molar-refractivity contribution in [2.24, 2.45) is 5.10 Å². The minimum atomic E-state index is -0.411. The maximum absolute atomic E-state index is 12.0. The van der Waals surface area contributed by atoms with Crippen molar-refractivity contribution in [1.29, 1.82) is 0 Å². The number of aromatic nitrogens is 1. The number of carbonyl (C=O) groups excluding carboxylic acids is 1. The smallest absolute Gasteiger partial charge is 0.260 e. The lowest BCUT2D eigenvalue weighted by Crippen LogP contribution is -2.29. The van der Waals surface area contributed by atoms with E-state index in [2.05, 4.69) is 16.4 Å². The van der Waals surface area contributed by atoms with Crippen LogP contribution in [0.25, 0.3) is 10.8 Å². The number of rotatable bonds is 6. The summed E-state index contributed by atoms with van der Waals surface area (Å²) < 4.78 is 6.87. The van der Waals surface area contributed by atoms with Gasteiger partial charge in [0, 0.05) is 17.8 Å². The third kappa shape index (κ3) is 4.41. The molecule has 2 aromatic carbocycles. The summed E-state index contributed by atoms with van der Waals surface area (Å²) in [5, 5.41) is 5.94. The van der Waals surface area contributed by atoms with Crippen molar-refractivity contribution < 1.29 is 9.53 Å². The number of hydrogen-bond acceptors (Lipinski definition) is 4. The van der Waals surface area contributed by atoms with Crippen molar-refractivity contribution in [3.8, 4) is 18.1 Å². The highest BCUT2D eigenvalue weighted by atomic mass is 16.5. The Hall–Kier alpha value is -3.85. The average molecular weight is 359 g/mol. The summed E-state index contributed by atoms with van der Waals surface area (Å²) in [6.07, 6.45) is 8.33. The van der Waals surface area contributed by atoms with Crippen LogP contribution in [0.2, 0.25) is 0 Å². The second-order valence-electron chi connectivity index (χ2n) is 5.65. The first-order chi connectivity index (χ1) is 13.2. The predicted octanol–water partition coefficient (Wildman–Crippen LogP) is 2.16. The SMILES string of the molecule is C#CCOc1ccc2ccccc2c1/C=N\NC(=O)Cn1ccccc1=O. The molecule has 0 radical (unpaired) electrons. The van der Waals surface area contributed by atoms with Gasteiger partial charge < -0.3 is 9.30 Å². The van der Waals surface area contributed by atoms with E-state index in [1.807, 2.05) is 36.4 Å². The highest BCUT2D eigenvalue weighted by molar-refractivity contribution is 6.02. The number of fused-ring (bicyclic) bond motifs is 1. The Balaban J connectivity index is 1.80. The third-order valence-electron chi connectivity index (χ3n) is 3.84. The van der Waals surface area contributed by atoms with E-state index < -0.39 is 5.91 Å². The average Bonchev–Trinajstić information content (AvgIpc) is 2.69. The Kier molecular flexibility index (Phi) is 5.65. The van der Waals surface area contributed by atoms with Crippen molar-refractivity contribution >= 4 is 22.9 Å². The van der Waals surface area contributed by atoms with Crippen molar-refractivity contribution in [3.63, 3.8) is 0 Å². The van der Waals surface area contributed by atoms with Crippen molar-refractivity contribution in [2.75, 3.05) is 6.61 Å². The minimum Gasteiger partial charge on any atom is -0.480 e. The number of pyridine rings is 1. The molecule has 0 spiro atoms. The van der Waals surface area contributed by atoms with Crippen molar-refractivity contribution in [1.82, 2.24) is 9.99 Å². The van der Waals surface area contributed by atoms with E-state index in [1.165, 1.54) is 16.8 Å². The number of amides is 1. The van der Waals surface area contributed by atoms with Gasteiger partial charge in [-0.25, -0.2) is 5.43 Å². The van der Waals surface area contributed by atoms with Crippen LogP contribution in [0.1, 0.15) is 5.56 Å². The van der Waals surface area contributed by atoms with Gasteiger partial charge in [-0.05, 0) is 22.9 Å². The highest BCUT2D eigenvalue weighted by Gasteiger charge is 2.07. The molecule has 0 bridgehead atoms. The Morgan fingerprint density at radius 3 is 2.81 bits per heavy atom. The quantitative estimate of drug-likeness (QED) is 0.416. The normalized spacial score (nSPS) is 10.6. The van der Waals surface area contributed by atoms with Crippen molar-refractivity contribution in [2.45, 2.75) is 6.54 Å². The molecule has 0 aliphatic rings. The van der Waals surface area contributed by atoms with E-state index in [1.54, 1.807) is 18.3 Å². The maximum Gasteiger partial charge on any atom is 0.260 e. The molecular weight excluding hydrogens is 342 g/mol. The zero-order valence-corrected chi connectivity index (χ0v) is 14.5. The van der Waals surface area contributed by atoms with Gasteiger partial charge in [0.05, 0.1) is 6.21 Å². The van der Waals surface area contributed by atoms with Crippen LogP contribution in [0.3, 0.4) is 0 Å². The fourth-order valence-corrected chi connectivity index (χ4v) is 2.60.